The Morgan fingerprint density at radius 3 is 2.64 bits per heavy atom. The van der Waals surface area contributed by atoms with Gasteiger partial charge in [0.15, 0.2) is 5.82 Å². The fourth-order valence-corrected chi connectivity index (χ4v) is 4.00. The number of benzene rings is 1. The summed E-state index contributed by atoms with van der Waals surface area (Å²) >= 11 is 0. The fourth-order valence-electron chi connectivity index (χ4n) is 4.00. The minimum atomic E-state index is -0.263. The van der Waals surface area contributed by atoms with Crippen LogP contribution < -0.4 is 10.3 Å². The number of amides is 1. The molecule has 0 atom stereocenters. The third kappa shape index (κ3) is 3.95. The van der Waals surface area contributed by atoms with Crippen LogP contribution in [0.3, 0.4) is 0 Å². The van der Waals surface area contributed by atoms with Crippen LogP contribution in [0.2, 0.25) is 0 Å². The Kier molecular flexibility index (Phi) is 4.83. The van der Waals surface area contributed by atoms with Crippen LogP contribution in [-0.4, -0.2) is 43.8 Å². The van der Waals surface area contributed by atoms with Crippen molar-refractivity contribution in [2.75, 3.05) is 23.4 Å². The molecule has 0 radical (unpaired) electrons. The van der Waals surface area contributed by atoms with Crippen LogP contribution in [0.25, 0.3) is 22.5 Å². The highest BCUT2D eigenvalue weighted by Gasteiger charge is 2.24. The van der Waals surface area contributed by atoms with Crippen molar-refractivity contribution < 1.29 is 4.79 Å². The van der Waals surface area contributed by atoms with Gasteiger partial charge in [-0.05, 0) is 55.2 Å². The Labute approximate surface area is 191 Å². The number of rotatable bonds is 6. The summed E-state index contributed by atoms with van der Waals surface area (Å²) in [6, 6.07) is 15.5. The minimum absolute atomic E-state index is 0.263. The Morgan fingerprint density at radius 1 is 0.970 bits per heavy atom. The molecule has 1 N–H and O–H groups in total. The van der Waals surface area contributed by atoms with Crippen molar-refractivity contribution in [3.8, 4) is 22.5 Å². The first-order chi connectivity index (χ1) is 16.2. The Morgan fingerprint density at radius 2 is 1.88 bits per heavy atom. The summed E-state index contributed by atoms with van der Waals surface area (Å²) in [5.41, 5.74) is 4.96. The van der Waals surface area contributed by atoms with Crippen LogP contribution in [0.15, 0.2) is 67.3 Å². The highest BCUT2D eigenvalue weighted by molar-refractivity contribution is 6.03. The number of anilines is 1. The number of nitrogens with one attached hydrogen (secondary N) is 1. The Hall–Kier alpha value is -4.07. The van der Waals surface area contributed by atoms with E-state index in [9.17, 15) is 4.79 Å². The zero-order chi connectivity index (χ0) is 22.2. The van der Waals surface area contributed by atoms with Crippen molar-refractivity contribution in [1.82, 2.24) is 24.8 Å². The van der Waals surface area contributed by atoms with Gasteiger partial charge in [-0.1, -0.05) is 18.2 Å². The fraction of sp³-hybridized carbons (Fsp3) is 0.240. The molecular weight excluding hydrogens is 414 g/mol. The summed E-state index contributed by atoms with van der Waals surface area (Å²) in [7, 11) is 0. The standard InChI is InChI=1S/C25H23N7O/c33-25(23-14-18(9-10-26-23)20-7-8-22(27-15-20)17-5-6-17)29-21-4-1-3-19(13-21)24-30-28-16-32(24)31-11-2-12-31/h1,3-4,7-10,13-17H,2,5-6,11-12H2,(H,29,33). The van der Waals surface area contributed by atoms with Gasteiger partial charge in [0, 0.05) is 53.9 Å². The van der Waals surface area contributed by atoms with E-state index in [0.29, 0.717) is 17.3 Å². The highest BCUT2D eigenvalue weighted by atomic mass is 16.1. The second kappa shape index (κ2) is 8.12. The molecule has 0 spiro atoms. The van der Waals surface area contributed by atoms with Crippen molar-refractivity contribution in [3.05, 3.63) is 78.6 Å². The molecule has 4 aromatic rings. The van der Waals surface area contributed by atoms with E-state index in [1.165, 1.54) is 19.3 Å². The van der Waals surface area contributed by atoms with Gasteiger partial charge in [0.1, 0.15) is 12.0 Å². The van der Waals surface area contributed by atoms with Gasteiger partial charge < -0.3 is 10.3 Å². The molecule has 6 rings (SSSR count). The predicted octanol–water partition coefficient (Wildman–Crippen LogP) is 3.87. The molecule has 1 amide bonds. The number of hydrogen-bond acceptors (Lipinski definition) is 6. The van der Waals surface area contributed by atoms with Crippen molar-refractivity contribution in [3.63, 3.8) is 0 Å². The quantitative estimate of drug-likeness (QED) is 0.493. The maximum atomic E-state index is 12.9. The van der Waals surface area contributed by atoms with Crippen LogP contribution in [0, 0.1) is 0 Å². The summed E-state index contributed by atoms with van der Waals surface area (Å²) in [5, 5.41) is 13.5. The van der Waals surface area contributed by atoms with E-state index in [0.717, 1.165) is 41.3 Å². The highest BCUT2D eigenvalue weighted by Crippen LogP contribution is 2.39. The summed E-state index contributed by atoms with van der Waals surface area (Å²) in [6.45, 7) is 1.98. The maximum Gasteiger partial charge on any atom is 0.274 e. The molecule has 1 aliphatic heterocycles. The van der Waals surface area contributed by atoms with Gasteiger partial charge in [-0.3, -0.25) is 14.8 Å². The monoisotopic (exact) mass is 437 g/mol. The molecule has 8 heteroatoms. The summed E-state index contributed by atoms with van der Waals surface area (Å²) < 4.78 is 1.97. The number of aromatic nitrogens is 5. The molecule has 3 aromatic heterocycles. The minimum Gasteiger partial charge on any atom is -0.321 e. The lowest BCUT2D eigenvalue weighted by Crippen LogP contribution is -2.45. The molecule has 1 aromatic carbocycles. The van der Waals surface area contributed by atoms with Gasteiger partial charge in [0.05, 0.1) is 0 Å². The molecule has 1 saturated carbocycles. The number of pyridine rings is 2. The van der Waals surface area contributed by atoms with Gasteiger partial charge in [-0.2, -0.15) is 0 Å². The van der Waals surface area contributed by atoms with Crippen LogP contribution in [0.1, 0.15) is 41.4 Å². The molecule has 33 heavy (non-hydrogen) atoms. The average molecular weight is 438 g/mol. The van der Waals surface area contributed by atoms with Crippen molar-refractivity contribution in [1.29, 1.82) is 0 Å². The van der Waals surface area contributed by atoms with Gasteiger partial charge in [-0.25, -0.2) is 4.68 Å². The second-order valence-electron chi connectivity index (χ2n) is 8.52. The van der Waals surface area contributed by atoms with Crippen LogP contribution in [-0.2, 0) is 0 Å². The largest absolute Gasteiger partial charge is 0.321 e. The van der Waals surface area contributed by atoms with Gasteiger partial charge in [0.25, 0.3) is 5.91 Å². The molecule has 1 aliphatic carbocycles. The molecule has 164 valence electrons. The summed E-state index contributed by atoms with van der Waals surface area (Å²) in [6.07, 6.45) is 8.88. The van der Waals surface area contributed by atoms with E-state index in [1.54, 1.807) is 18.6 Å². The molecular formula is C25H23N7O. The first kappa shape index (κ1) is 19.6. The van der Waals surface area contributed by atoms with Crippen molar-refractivity contribution >= 4 is 11.6 Å². The second-order valence-corrected chi connectivity index (χ2v) is 8.52. The van der Waals surface area contributed by atoms with Crippen molar-refractivity contribution in [2.24, 2.45) is 0 Å². The van der Waals surface area contributed by atoms with Crippen molar-refractivity contribution in [2.45, 2.75) is 25.2 Å². The van der Waals surface area contributed by atoms with E-state index in [2.05, 4.69) is 42.6 Å². The molecule has 4 heterocycles. The van der Waals surface area contributed by atoms with E-state index < -0.39 is 0 Å². The molecule has 2 aliphatic rings. The summed E-state index contributed by atoms with van der Waals surface area (Å²) in [5.74, 6) is 1.11. The number of carbonyl (C=O) groups is 1. The third-order valence-corrected chi connectivity index (χ3v) is 6.15. The SMILES string of the molecule is O=C(Nc1cccc(-c2nncn2N2CCC2)c1)c1cc(-c2ccc(C3CC3)nc2)ccn1. The predicted molar refractivity (Wildman–Crippen MR) is 125 cm³/mol. The molecule has 1 saturated heterocycles. The van der Waals surface area contributed by atoms with E-state index in [4.69, 9.17) is 0 Å². The van der Waals surface area contributed by atoms with Gasteiger partial charge in [-0.15, -0.1) is 10.2 Å². The number of nitrogens with zero attached hydrogens (tertiary/aromatic N) is 6. The topological polar surface area (TPSA) is 88.8 Å². The van der Waals surface area contributed by atoms with E-state index in [-0.39, 0.29) is 5.91 Å². The van der Waals surface area contributed by atoms with Crippen LogP contribution >= 0.6 is 0 Å². The third-order valence-electron chi connectivity index (χ3n) is 6.15. The lowest BCUT2D eigenvalue weighted by Gasteiger charge is -2.34. The molecule has 0 bridgehead atoms. The average Bonchev–Trinajstić information content (AvgIpc) is 3.57. The Balaban J connectivity index is 1.21. The van der Waals surface area contributed by atoms with Crippen LogP contribution in [0.5, 0.6) is 0 Å². The first-order valence-electron chi connectivity index (χ1n) is 11.2. The Bertz CT molecular complexity index is 1310. The van der Waals surface area contributed by atoms with Crippen LogP contribution in [0.4, 0.5) is 5.69 Å². The zero-order valence-electron chi connectivity index (χ0n) is 18.1. The number of carbonyl (C=O) groups excluding carboxylic acids is 1. The first-order valence-corrected chi connectivity index (χ1v) is 11.2. The molecule has 8 nitrogen and oxygen atoms in total. The smallest absolute Gasteiger partial charge is 0.274 e. The van der Waals surface area contributed by atoms with Gasteiger partial charge >= 0.3 is 0 Å². The van der Waals surface area contributed by atoms with E-state index in [1.807, 2.05) is 41.2 Å². The lowest BCUT2D eigenvalue weighted by atomic mass is 10.1. The maximum absolute atomic E-state index is 12.9. The molecule has 2 fully saturated rings. The number of hydrogen-bond donors (Lipinski definition) is 1. The summed E-state index contributed by atoms with van der Waals surface area (Å²) in [4.78, 5) is 21.8. The zero-order valence-corrected chi connectivity index (χ0v) is 18.1. The van der Waals surface area contributed by atoms with Gasteiger partial charge in [0.2, 0.25) is 0 Å². The lowest BCUT2D eigenvalue weighted by molar-refractivity contribution is 0.102. The normalized spacial score (nSPS) is 15.2. The molecule has 0 unspecified atom stereocenters. The van der Waals surface area contributed by atoms with E-state index >= 15 is 0 Å².